The fraction of sp³-hybridized carbons (Fsp3) is 0.273. The molecule has 0 radical (unpaired) electrons. The lowest BCUT2D eigenvalue weighted by Crippen LogP contribution is -2.03. The average molecular weight is 232 g/mol. The quantitative estimate of drug-likeness (QED) is 0.597. The Bertz CT molecular complexity index is 536. The molecule has 0 amide bonds. The predicted molar refractivity (Wildman–Crippen MR) is 62.0 cm³/mol. The Kier molecular flexibility index (Phi) is 3.13. The first-order chi connectivity index (χ1) is 8.22. The van der Waals surface area contributed by atoms with E-state index in [4.69, 9.17) is 0 Å². The van der Waals surface area contributed by atoms with E-state index in [1.165, 1.54) is 18.3 Å². The van der Waals surface area contributed by atoms with Crippen molar-refractivity contribution >= 4 is 5.69 Å². The van der Waals surface area contributed by atoms with Crippen LogP contribution in [-0.2, 0) is 6.42 Å². The van der Waals surface area contributed by atoms with E-state index in [0.29, 0.717) is 5.82 Å². The average Bonchev–Trinajstić information content (AvgIpc) is 2.78. The van der Waals surface area contributed by atoms with Crippen molar-refractivity contribution < 1.29 is 4.92 Å². The second kappa shape index (κ2) is 4.73. The molecule has 2 rings (SSSR count). The van der Waals surface area contributed by atoms with Crippen LogP contribution in [0.15, 0.2) is 30.7 Å². The molecule has 0 bridgehead atoms. The van der Waals surface area contributed by atoms with Gasteiger partial charge in [-0.05, 0) is 6.42 Å². The summed E-state index contributed by atoms with van der Waals surface area (Å²) in [6.45, 7) is 2.06. The first-order valence-corrected chi connectivity index (χ1v) is 5.35. The van der Waals surface area contributed by atoms with E-state index in [2.05, 4.69) is 16.9 Å². The van der Waals surface area contributed by atoms with Crippen molar-refractivity contribution in [2.45, 2.75) is 19.8 Å². The Morgan fingerprint density at radius 3 is 2.94 bits per heavy atom. The van der Waals surface area contributed by atoms with Crippen LogP contribution >= 0.6 is 0 Å². The van der Waals surface area contributed by atoms with Gasteiger partial charge in [0.2, 0.25) is 0 Å². The van der Waals surface area contributed by atoms with Crippen molar-refractivity contribution in [1.82, 2.24) is 14.5 Å². The lowest BCUT2D eigenvalue weighted by Gasteiger charge is -2.05. The van der Waals surface area contributed by atoms with Crippen molar-refractivity contribution in [2.75, 3.05) is 0 Å². The van der Waals surface area contributed by atoms with Gasteiger partial charge in [0.15, 0.2) is 0 Å². The highest BCUT2D eigenvalue weighted by Crippen LogP contribution is 2.15. The van der Waals surface area contributed by atoms with Crippen LogP contribution in [0.3, 0.4) is 0 Å². The standard InChI is InChI=1S/C11H12N4O2/c1-2-3-10-13-6-7-14(10)11-8-9(15(16)17)4-5-12-11/h4-8H,2-3H2,1H3. The molecule has 2 heterocycles. The molecule has 6 nitrogen and oxygen atoms in total. The molecule has 0 aliphatic rings. The van der Waals surface area contributed by atoms with Gasteiger partial charge in [0.1, 0.15) is 11.6 Å². The molecule has 6 heteroatoms. The van der Waals surface area contributed by atoms with Gasteiger partial charge in [-0.25, -0.2) is 9.97 Å². The molecule has 0 aliphatic carbocycles. The number of pyridine rings is 1. The molecule has 0 aliphatic heterocycles. The number of nitro groups is 1. The van der Waals surface area contributed by atoms with Gasteiger partial charge in [-0.2, -0.15) is 0 Å². The molecule has 0 N–H and O–H groups in total. The van der Waals surface area contributed by atoms with E-state index in [-0.39, 0.29) is 5.69 Å². The first-order valence-electron chi connectivity index (χ1n) is 5.35. The van der Waals surface area contributed by atoms with E-state index in [1.807, 2.05) is 0 Å². The van der Waals surface area contributed by atoms with Gasteiger partial charge in [-0.3, -0.25) is 14.7 Å². The maximum Gasteiger partial charge on any atom is 0.274 e. The fourth-order valence-electron chi connectivity index (χ4n) is 1.60. The van der Waals surface area contributed by atoms with Crippen LogP contribution in [0.2, 0.25) is 0 Å². The zero-order valence-corrected chi connectivity index (χ0v) is 9.41. The van der Waals surface area contributed by atoms with Crippen LogP contribution in [0.4, 0.5) is 5.69 Å². The highest BCUT2D eigenvalue weighted by atomic mass is 16.6. The molecule has 0 unspecified atom stereocenters. The molecule has 88 valence electrons. The second-order valence-electron chi connectivity index (χ2n) is 3.59. The molecule has 0 atom stereocenters. The van der Waals surface area contributed by atoms with Crippen LogP contribution in [0, 0.1) is 10.1 Å². The van der Waals surface area contributed by atoms with E-state index in [9.17, 15) is 10.1 Å². The number of imidazole rings is 1. The summed E-state index contributed by atoms with van der Waals surface area (Å²) in [5.41, 5.74) is 0.0335. The predicted octanol–water partition coefficient (Wildman–Crippen LogP) is 2.13. The van der Waals surface area contributed by atoms with E-state index >= 15 is 0 Å². The summed E-state index contributed by atoms with van der Waals surface area (Å²) in [6, 6.07) is 2.82. The minimum absolute atomic E-state index is 0.0335. The Morgan fingerprint density at radius 1 is 1.41 bits per heavy atom. The summed E-state index contributed by atoms with van der Waals surface area (Å²) in [7, 11) is 0. The van der Waals surface area contributed by atoms with Crippen molar-refractivity contribution in [3.63, 3.8) is 0 Å². The number of hydrogen-bond acceptors (Lipinski definition) is 4. The summed E-state index contributed by atoms with van der Waals surface area (Å²) in [5, 5.41) is 10.7. The normalized spacial score (nSPS) is 10.4. The largest absolute Gasteiger partial charge is 0.288 e. The molecule has 0 aromatic carbocycles. The maximum absolute atomic E-state index is 10.7. The second-order valence-corrected chi connectivity index (χ2v) is 3.59. The zero-order valence-electron chi connectivity index (χ0n) is 9.41. The zero-order chi connectivity index (χ0) is 12.3. The van der Waals surface area contributed by atoms with Crippen LogP contribution in [0.1, 0.15) is 19.2 Å². The van der Waals surface area contributed by atoms with Gasteiger partial charge < -0.3 is 0 Å². The number of rotatable bonds is 4. The highest BCUT2D eigenvalue weighted by molar-refractivity contribution is 5.37. The minimum atomic E-state index is -0.429. The van der Waals surface area contributed by atoms with Gasteiger partial charge >= 0.3 is 0 Å². The van der Waals surface area contributed by atoms with Gasteiger partial charge in [0, 0.05) is 31.1 Å². The van der Waals surface area contributed by atoms with Crippen molar-refractivity contribution in [2.24, 2.45) is 0 Å². The molecular weight excluding hydrogens is 220 g/mol. The molecule has 0 saturated carbocycles. The SMILES string of the molecule is CCCc1nccn1-c1cc([N+](=O)[O-])ccn1. The van der Waals surface area contributed by atoms with Crippen molar-refractivity contribution in [3.8, 4) is 5.82 Å². The van der Waals surface area contributed by atoms with Gasteiger partial charge in [0.05, 0.1) is 11.0 Å². The van der Waals surface area contributed by atoms with Crippen LogP contribution in [0.25, 0.3) is 5.82 Å². The summed E-state index contributed by atoms with van der Waals surface area (Å²) in [4.78, 5) is 18.6. The monoisotopic (exact) mass is 232 g/mol. The minimum Gasteiger partial charge on any atom is -0.288 e. The summed E-state index contributed by atoms with van der Waals surface area (Å²) in [6.07, 6.45) is 6.65. The first kappa shape index (κ1) is 11.3. The Hall–Kier alpha value is -2.24. The topological polar surface area (TPSA) is 73.8 Å². The molecule has 0 saturated heterocycles. The molecule has 2 aromatic heterocycles. The number of aryl methyl sites for hydroxylation is 1. The van der Waals surface area contributed by atoms with E-state index < -0.39 is 4.92 Å². The Labute approximate surface area is 98.1 Å². The van der Waals surface area contributed by atoms with Crippen LogP contribution in [0.5, 0.6) is 0 Å². The molecule has 0 spiro atoms. The molecule has 17 heavy (non-hydrogen) atoms. The van der Waals surface area contributed by atoms with Crippen molar-refractivity contribution in [3.05, 3.63) is 46.7 Å². The summed E-state index contributed by atoms with van der Waals surface area (Å²) < 4.78 is 1.77. The Morgan fingerprint density at radius 2 is 2.24 bits per heavy atom. The smallest absolute Gasteiger partial charge is 0.274 e. The highest BCUT2D eigenvalue weighted by Gasteiger charge is 2.10. The van der Waals surface area contributed by atoms with Gasteiger partial charge in [0.25, 0.3) is 5.69 Å². The third kappa shape index (κ3) is 2.30. The number of nitrogens with zero attached hydrogens (tertiary/aromatic N) is 4. The van der Waals surface area contributed by atoms with E-state index in [1.54, 1.807) is 17.0 Å². The third-order valence-electron chi connectivity index (χ3n) is 2.38. The lowest BCUT2D eigenvalue weighted by molar-refractivity contribution is -0.384. The molecule has 2 aromatic rings. The maximum atomic E-state index is 10.7. The van der Waals surface area contributed by atoms with Gasteiger partial charge in [-0.15, -0.1) is 0 Å². The fourth-order valence-corrected chi connectivity index (χ4v) is 1.60. The summed E-state index contributed by atoms with van der Waals surface area (Å²) >= 11 is 0. The lowest BCUT2D eigenvalue weighted by atomic mass is 10.3. The third-order valence-corrected chi connectivity index (χ3v) is 2.38. The molecular formula is C11H12N4O2. The Balaban J connectivity index is 2.42. The summed E-state index contributed by atoms with van der Waals surface area (Å²) in [5.74, 6) is 1.39. The number of hydrogen-bond donors (Lipinski definition) is 0. The van der Waals surface area contributed by atoms with Crippen molar-refractivity contribution in [1.29, 1.82) is 0 Å². The molecule has 0 fully saturated rings. The van der Waals surface area contributed by atoms with Crippen LogP contribution in [-0.4, -0.2) is 19.5 Å². The van der Waals surface area contributed by atoms with Crippen LogP contribution < -0.4 is 0 Å². The van der Waals surface area contributed by atoms with Gasteiger partial charge in [-0.1, -0.05) is 6.92 Å². The van der Waals surface area contributed by atoms with E-state index in [0.717, 1.165) is 18.7 Å². The number of aromatic nitrogens is 3.